The topological polar surface area (TPSA) is 12.9 Å². The first-order valence-corrected chi connectivity index (χ1v) is 11.2. The fraction of sp³-hybridized carbons (Fsp3) is 0.129. The van der Waals surface area contributed by atoms with E-state index in [1.165, 1.54) is 54.6 Å². The maximum Gasteiger partial charge on any atom is 0.0708 e. The summed E-state index contributed by atoms with van der Waals surface area (Å²) in [4.78, 5) is 4.71. The molecule has 0 spiro atoms. The molecule has 1 nitrogen and oxygen atoms in total. The minimum Gasteiger partial charge on any atom is -0.256 e. The minimum absolute atomic E-state index is 0.110. The Morgan fingerprint density at radius 3 is 1.88 bits per heavy atom. The highest BCUT2D eigenvalue weighted by atomic mass is 14.7. The molecular weight excluding hydrogens is 386 g/mol. The zero-order valence-electron chi connectivity index (χ0n) is 18.7. The van der Waals surface area contributed by atoms with Gasteiger partial charge in [0.2, 0.25) is 0 Å². The molecule has 1 heterocycles. The first kappa shape index (κ1) is 19.0. The lowest BCUT2D eigenvalue weighted by molar-refractivity contribution is 0.591. The van der Waals surface area contributed by atoms with Crippen molar-refractivity contribution >= 4 is 32.3 Å². The van der Waals surface area contributed by atoms with E-state index in [1.807, 2.05) is 12.3 Å². The van der Waals surface area contributed by atoms with Crippen LogP contribution in [0.3, 0.4) is 0 Å². The Bertz CT molecular complexity index is 1470. The van der Waals surface area contributed by atoms with Crippen LogP contribution in [0.1, 0.15) is 26.3 Å². The number of aromatic nitrogens is 1. The third-order valence-corrected chi connectivity index (χ3v) is 6.61. The lowest BCUT2D eigenvalue weighted by Gasteiger charge is -2.22. The molecule has 6 rings (SSSR count). The Balaban J connectivity index is 1.80. The van der Waals surface area contributed by atoms with E-state index in [0.717, 1.165) is 5.69 Å². The fourth-order valence-corrected chi connectivity index (χ4v) is 4.94. The van der Waals surface area contributed by atoms with E-state index in [1.54, 1.807) is 0 Å². The molecule has 0 amide bonds. The summed E-state index contributed by atoms with van der Waals surface area (Å²) in [5.41, 5.74) is 6.17. The molecule has 1 aromatic heterocycles. The van der Waals surface area contributed by atoms with Gasteiger partial charge in [-0.2, -0.15) is 0 Å². The lowest BCUT2D eigenvalue weighted by Crippen LogP contribution is -2.10. The second-order valence-corrected chi connectivity index (χ2v) is 9.70. The highest BCUT2D eigenvalue weighted by Gasteiger charge is 2.20. The van der Waals surface area contributed by atoms with Gasteiger partial charge < -0.3 is 0 Å². The quantitative estimate of drug-likeness (QED) is 0.260. The molecule has 0 saturated carbocycles. The summed E-state index contributed by atoms with van der Waals surface area (Å²) in [7, 11) is 0. The van der Waals surface area contributed by atoms with Crippen molar-refractivity contribution in [2.75, 3.05) is 0 Å². The summed E-state index contributed by atoms with van der Waals surface area (Å²) < 4.78 is 0. The van der Waals surface area contributed by atoms with Crippen LogP contribution < -0.4 is 0 Å². The van der Waals surface area contributed by atoms with Gasteiger partial charge in [-0.3, -0.25) is 4.98 Å². The van der Waals surface area contributed by atoms with Gasteiger partial charge in [0, 0.05) is 11.8 Å². The molecule has 0 atom stereocenters. The molecule has 154 valence electrons. The predicted octanol–water partition coefficient (Wildman–Crippen LogP) is 8.61. The van der Waals surface area contributed by atoms with Gasteiger partial charge in [-0.15, -0.1) is 0 Å². The smallest absolute Gasteiger partial charge is 0.0708 e. The van der Waals surface area contributed by atoms with Crippen LogP contribution >= 0.6 is 0 Å². The molecule has 1 heteroatoms. The highest BCUT2D eigenvalue weighted by molar-refractivity contribution is 6.28. The molecule has 0 N–H and O–H groups in total. The van der Waals surface area contributed by atoms with E-state index in [4.69, 9.17) is 4.98 Å². The Hall–Kier alpha value is -3.71. The minimum atomic E-state index is 0.110. The summed E-state index contributed by atoms with van der Waals surface area (Å²) in [5.74, 6) is 0. The molecule has 0 unspecified atom stereocenters. The second-order valence-electron chi connectivity index (χ2n) is 9.70. The van der Waals surface area contributed by atoms with Gasteiger partial charge in [-0.1, -0.05) is 93.6 Å². The van der Waals surface area contributed by atoms with Gasteiger partial charge in [0.25, 0.3) is 0 Å². The maximum atomic E-state index is 4.71. The van der Waals surface area contributed by atoms with Crippen molar-refractivity contribution in [3.8, 4) is 22.4 Å². The Kier molecular flexibility index (Phi) is 4.10. The highest BCUT2D eigenvalue weighted by Crippen LogP contribution is 2.44. The molecule has 0 aliphatic heterocycles. The zero-order chi connectivity index (χ0) is 21.9. The Morgan fingerprint density at radius 1 is 0.594 bits per heavy atom. The summed E-state index contributed by atoms with van der Waals surface area (Å²) in [6, 6.07) is 33.1. The summed E-state index contributed by atoms with van der Waals surface area (Å²) in [5, 5.41) is 7.86. The molecule has 6 aromatic rings. The van der Waals surface area contributed by atoms with Crippen LogP contribution in [0.25, 0.3) is 54.7 Å². The molecular formula is C31H25N. The van der Waals surface area contributed by atoms with Crippen molar-refractivity contribution in [2.45, 2.75) is 26.2 Å². The third-order valence-electron chi connectivity index (χ3n) is 6.61. The SMILES string of the molecule is CC(C)(C)c1cc2ccc3c(-c4ccccc4)cc(-c4ccccn4)c4ccc(c1)c2c34. The number of nitrogens with zero attached hydrogens (tertiary/aromatic N) is 1. The average Bonchev–Trinajstić information content (AvgIpc) is 2.82. The van der Waals surface area contributed by atoms with Gasteiger partial charge in [0.15, 0.2) is 0 Å². The van der Waals surface area contributed by atoms with Crippen LogP contribution in [-0.4, -0.2) is 4.98 Å². The fourth-order valence-electron chi connectivity index (χ4n) is 4.94. The summed E-state index contributed by atoms with van der Waals surface area (Å²) >= 11 is 0. The van der Waals surface area contributed by atoms with Crippen molar-refractivity contribution in [2.24, 2.45) is 0 Å². The van der Waals surface area contributed by atoms with Gasteiger partial charge in [0.05, 0.1) is 5.69 Å². The normalized spacial score (nSPS) is 12.2. The lowest BCUT2D eigenvalue weighted by atomic mass is 9.82. The molecule has 0 radical (unpaired) electrons. The largest absolute Gasteiger partial charge is 0.256 e. The first-order valence-electron chi connectivity index (χ1n) is 11.2. The summed E-state index contributed by atoms with van der Waals surface area (Å²) in [6.07, 6.45) is 1.88. The third kappa shape index (κ3) is 2.89. The van der Waals surface area contributed by atoms with Gasteiger partial charge >= 0.3 is 0 Å². The number of hydrogen-bond donors (Lipinski definition) is 0. The predicted molar refractivity (Wildman–Crippen MR) is 138 cm³/mol. The van der Waals surface area contributed by atoms with E-state index < -0.39 is 0 Å². The van der Waals surface area contributed by atoms with Gasteiger partial charge in [-0.05, 0) is 72.6 Å². The second kappa shape index (κ2) is 6.90. The molecule has 0 aliphatic carbocycles. The van der Waals surface area contributed by atoms with Crippen LogP contribution in [0.2, 0.25) is 0 Å². The van der Waals surface area contributed by atoms with E-state index in [-0.39, 0.29) is 5.41 Å². The average molecular weight is 412 g/mol. The first-order chi connectivity index (χ1) is 15.5. The van der Waals surface area contributed by atoms with Crippen LogP contribution in [0, 0.1) is 0 Å². The monoisotopic (exact) mass is 411 g/mol. The molecule has 0 saturated heterocycles. The van der Waals surface area contributed by atoms with Crippen LogP contribution in [0.15, 0.2) is 97.2 Å². The molecule has 5 aromatic carbocycles. The van der Waals surface area contributed by atoms with Gasteiger partial charge in [0.1, 0.15) is 0 Å². The van der Waals surface area contributed by atoms with Crippen LogP contribution in [-0.2, 0) is 5.41 Å². The van der Waals surface area contributed by atoms with Crippen molar-refractivity contribution in [3.63, 3.8) is 0 Å². The molecule has 0 fully saturated rings. The number of hydrogen-bond acceptors (Lipinski definition) is 1. The van der Waals surface area contributed by atoms with E-state index in [2.05, 4.69) is 106 Å². The molecule has 0 aliphatic rings. The van der Waals surface area contributed by atoms with Crippen molar-refractivity contribution < 1.29 is 0 Å². The zero-order valence-corrected chi connectivity index (χ0v) is 18.7. The number of benzene rings is 5. The van der Waals surface area contributed by atoms with E-state index in [0.29, 0.717) is 0 Å². The van der Waals surface area contributed by atoms with Gasteiger partial charge in [-0.25, -0.2) is 0 Å². The Labute approximate surface area is 188 Å². The van der Waals surface area contributed by atoms with Crippen LogP contribution in [0.5, 0.6) is 0 Å². The molecule has 32 heavy (non-hydrogen) atoms. The van der Waals surface area contributed by atoms with Crippen molar-refractivity contribution in [3.05, 3.63) is 103 Å². The van der Waals surface area contributed by atoms with Crippen molar-refractivity contribution in [1.29, 1.82) is 0 Å². The van der Waals surface area contributed by atoms with E-state index >= 15 is 0 Å². The standard InChI is InChI=1S/C31H25N/c1-31(2,3)23-17-21-12-14-24-26(20-9-5-4-6-10-20)19-27(28-11-7-8-16-32-28)25-15-13-22(18-23)29(21)30(24)25/h4-19H,1-3H3. The van der Waals surface area contributed by atoms with Crippen molar-refractivity contribution in [1.82, 2.24) is 4.98 Å². The van der Waals surface area contributed by atoms with E-state index in [9.17, 15) is 0 Å². The number of rotatable bonds is 2. The maximum absolute atomic E-state index is 4.71. The summed E-state index contributed by atoms with van der Waals surface area (Å²) in [6.45, 7) is 6.85. The number of pyridine rings is 1. The van der Waals surface area contributed by atoms with Crippen LogP contribution in [0.4, 0.5) is 0 Å². The molecule has 0 bridgehead atoms. The Morgan fingerprint density at radius 2 is 1.25 bits per heavy atom.